The van der Waals surface area contributed by atoms with E-state index >= 15 is 0 Å². The van der Waals surface area contributed by atoms with Crippen molar-refractivity contribution in [2.75, 3.05) is 18.4 Å². The Bertz CT molecular complexity index is 776. The van der Waals surface area contributed by atoms with Gasteiger partial charge in [0.1, 0.15) is 0 Å². The number of hydrogen-bond donors (Lipinski definition) is 2. The fourth-order valence-electron chi connectivity index (χ4n) is 3.42. The molecule has 1 saturated heterocycles. The molecule has 0 bridgehead atoms. The summed E-state index contributed by atoms with van der Waals surface area (Å²) in [6.45, 7) is 3.01. The number of benzene rings is 2. The molecule has 2 N–H and O–H groups in total. The standard InChI is InChI=1S/C21H24N2O3/c1-15(23-13-7-10-17(14-23)21(25)26)20(24)22-19-12-6-5-11-18(19)16-8-3-2-4-9-16/h2-6,8-9,11-12,15,17H,7,10,13-14H2,1H3,(H,22,24)(H,25,26). The van der Waals surface area contributed by atoms with Crippen LogP contribution in [0.2, 0.25) is 0 Å². The van der Waals surface area contributed by atoms with Crippen LogP contribution in [0.3, 0.4) is 0 Å². The number of nitrogens with one attached hydrogen (secondary N) is 1. The van der Waals surface area contributed by atoms with E-state index in [1.807, 2.05) is 66.4 Å². The first-order chi connectivity index (χ1) is 12.6. The molecule has 0 radical (unpaired) electrons. The van der Waals surface area contributed by atoms with Gasteiger partial charge < -0.3 is 10.4 Å². The minimum absolute atomic E-state index is 0.112. The summed E-state index contributed by atoms with van der Waals surface area (Å²) in [5, 5.41) is 12.3. The summed E-state index contributed by atoms with van der Waals surface area (Å²) in [5.74, 6) is -1.29. The second kappa shape index (κ2) is 8.15. The fourth-order valence-corrected chi connectivity index (χ4v) is 3.42. The van der Waals surface area contributed by atoms with Gasteiger partial charge in [-0.05, 0) is 37.9 Å². The summed E-state index contributed by atoms with van der Waals surface area (Å²) in [6.07, 6.45) is 1.48. The van der Waals surface area contributed by atoms with E-state index < -0.39 is 11.9 Å². The van der Waals surface area contributed by atoms with Crippen LogP contribution in [0, 0.1) is 5.92 Å². The maximum atomic E-state index is 12.8. The van der Waals surface area contributed by atoms with Crippen LogP contribution in [-0.2, 0) is 9.59 Å². The molecule has 26 heavy (non-hydrogen) atoms. The van der Waals surface area contributed by atoms with Gasteiger partial charge in [0.2, 0.25) is 5.91 Å². The van der Waals surface area contributed by atoms with Crippen molar-refractivity contribution in [3.8, 4) is 11.1 Å². The molecular formula is C21H24N2O3. The van der Waals surface area contributed by atoms with E-state index in [0.29, 0.717) is 13.0 Å². The van der Waals surface area contributed by atoms with Crippen LogP contribution in [0.4, 0.5) is 5.69 Å². The molecule has 0 spiro atoms. The van der Waals surface area contributed by atoms with Crippen molar-refractivity contribution in [3.05, 3.63) is 54.6 Å². The second-order valence-corrected chi connectivity index (χ2v) is 6.75. The van der Waals surface area contributed by atoms with Crippen LogP contribution in [0.25, 0.3) is 11.1 Å². The van der Waals surface area contributed by atoms with Gasteiger partial charge in [-0.25, -0.2) is 0 Å². The number of hydrogen-bond acceptors (Lipinski definition) is 3. The number of nitrogens with zero attached hydrogens (tertiary/aromatic N) is 1. The third-order valence-corrected chi connectivity index (χ3v) is 5.00. The molecule has 1 heterocycles. The van der Waals surface area contributed by atoms with Crippen LogP contribution in [0.15, 0.2) is 54.6 Å². The van der Waals surface area contributed by atoms with E-state index in [2.05, 4.69) is 5.32 Å². The Morgan fingerprint density at radius 1 is 1.12 bits per heavy atom. The second-order valence-electron chi connectivity index (χ2n) is 6.75. The molecule has 0 aliphatic carbocycles. The summed E-state index contributed by atoms with van der Waals surface area (Å²) in [6, 6.07) is 17.3. The molecule has 2 aromatic rings. The van der Waals surface area contributed by atoms with Crippen LogP contribution in [0.5, 0.6) is 0 Å². The van der Waals surface area contributed by atoms with E-state index in [0.717, 1.165) is 29.8 Å². The number of para-hydroxylation sites is 1. The van der Waals surface area contributed by atoms with Gasteiger partial charge in [0.15, 0.2) is 0 Å². The zero-order chi connectivity index (χ0) is 18.5. The predicted molar refractivity (Wildman–Crippen MR) is 102 cm³/mol. The molecule has 1 fully saturated rings. The fraction of sp³-hybridized carbons (Fsp3) is 0.333. The Balaban J connectivity index is 1.73. The number of carbonyl (C=O) groups excluding carboxylic acids is 1. The molecule has 0 saturated carbocycles. The summed E-state index contributed by atoms with van der Waals surface area (Å²) >= 11 is 0. The van der Waals surface area contributed by atoms with Gasteiger partial charge in [-0.3, -0.25) is 14.5 Å². The zero-order valence-corrected chi connectivity index (χ0v) is 14.9. The molecule has 2 aromatic carbocycles. The normalized spacial score (nSPS) is 18.9. The van der Waals surface area contributed by atoms with Crippen molar-refractivity contribution in [2.24, 2.45) is 5.92 Å². The summed E-state index contributed by atoms with van der Waals surface area (Å²) < 4.78 is 0. The average molecular weight is 352 g/mol. The van der Waals surface area contributed by atoms with Gasteiger partial charge in [0, 0.05) is 17.8 Å². The van der Waals surface area contributed by atoms with Crippen LogP contribution in [0.1, 0.15) is 19.8 Å². The first kappa shape index (κ1) is 18.1. The smallest absolute Gasteiger partial charge is 0.307 e. The highest BCUT2D eigenvalue weighted by atomic mass is 16.4. The van der Waals surface area contributed by atoms with E-state index in [4.69, 9.17) is 0 Å². The average Bonchev–Trinajstić information content (AvgIpc) is 2.68. The third-order valence-electron chi connectivity index (χ3n) is 5.00. The molecule has 136 valence electrons. The lowest BCUT2D eigenvalue weighted by atomic mass is 9.97. The molecule has 2 unspecified atom stereocenters. The Morgan fingerprint density at radius 2 is 1.81 bits per heavy atom. The van der Waals surface area contributed by atoms with Crippen LogP contribution < -0.4 is 5.32 Å². The van der Waals surface area contributed by atoms with Crippen molar-refractivity contribution in [1.82, 2.24) is 4.90 Å². The molecule has 2 atom stereocenters. The lowest BCUT2D eigenvalue weighted by Gasteiger charge is -2.34. The summed E-state index contributed by atoms with van der Waals surface area (Å²) in [4.78, 5) is 26.0. The minimum atomic E-state index is -0.781. The van der Waals surface area contributed by atoms with Gasteiger partial charge in [-0.1, -0.05) is 48.5 Å². The van der Waals surface area contributed by atoms with Crippen molar-refractivity contribution in [1.29, 1.82) is 0 Å². The molecule has 3 rings (SSSR count). The van der Waals surface area contributed by atoms with E-state index in [9.17, 15) is 14.7 Å². The molecule has 0 aromatic heterocycles. The number of anilines is 1. The van der Waals surface area contributed by atoms with E-state index in [1.165, 1.54) is 0 Å². The highest BCUT2D eigenvalue weighted by Gasteiger charge is 2.30. The molecule has 1 amide bonds. The SMILES string of the molecule is CC(C(=O)Nc1ccccc1-c1ccccc1)N1CCCC(C(=O)O)C1. The maximum absolute atomic E-state index is 12.8. The number of rotatable bonds is 5. The number of piperidine rings is 1. The van der Waals surface area contributed by atoms with Gasteiger partial charge in [-0.2, -0.15) is 0 Å². The first-order valence-corrected chi connectivity index (χ1v) is 8.98. The van der Waals surface area contributed by atoms with Gasteiger partial charge in [0.05, 0.1) is 12.0 Å². The highest BCUT2D eigenvalue weighted by molar-refractivity contribution is 5.98. The van der Waals surface area contributed by atoms with Crippen LogP contribution >= 0.6 is 0 Å². The van der Waals surface area contributed by atoms with Crippen molar-refractivity contribution >= 4 is 17.6 Å². The van der Waals surface area contributed by atoms with Gasteiger partial charge in [-0.15, -0.1) is 0 Å². The number of aliphatic carboxylic acids is 1. The Morgan fingerprint density at radius 3 is 2.54 bits per heavy atom. The highest BCUT2D eigenvalue weighted by Crippen LogP contribution is 2.28. The van der Waals surface area contributed by atoms with E-state index in [1.54, 1.807) is 0 Å². The molecule has 1 aliphatic rings. The number of amides is 1. The van der Waals surface area contributed by atoms with Crippen molar-refractivity contribution in [3.63, 3.8) is 0 Å². The largest absolute Gasteiger partial charge is 0.481 e. The molecule has 1 aliphatic heterocycles. The van der Waals surface area contributed by atoms with Crippen molar-refractivity contribution in [2.45, 2.75) is 25.8 Å². The number of carbonyl (C=O) groups is 2. The zero-order valence-electron chi connectivity index (χ0n) is 14.9. The van der Waals surface area contributed by atoms with E-state index in [-0.39, 0.29) is 11.9 Å². The first-order valence-electron chi connectivity index (χ1n) is 8.98. The summed E-state index contributed by atoms with van der Waals surface area (Å²) in [7, 11) is 0. The number of carboxylic acids is 1. The molecule has 5 heteroatoms. The van der Waals surface area contributed by atoms with Crippen LogP contribution in [-0.4, -0.2) is 41.0 Å². The molecule has 5 nitrogen and oxygen atoms in total. The van der Waals surface area contributed by atoms with Crippen molar-refractivity contribution < 1.29 is 14.7 Å². The van der Waals surface area contributed by atoms with Gasteiger partial charge in [0.25, 0.3) is 0 Å². The monoisotopic (exact) mass is 352 g/mol. The predicted octanol–water partition coefficient (Wildman–Crippen LogP) is 3.48. The minimum Gasteiger partial charge on any atom is -0.481 e. The number of likely N-dealkylation sites (tertiary alicyclic amines) is 1. The lowest BCUT2D eigenvalue weighted by Crippen LogP contribution is -2.48. The Hall–Kier alpha value is -2.66. The quantitative estimate of drug-likeness (QED) is 0.864. The third kappa shape index (κ3) is 4.11. The topological polar surface area (TPSA) is 69.6 Å². The molecular weight excluding hydrogens is 328 g/mol. The summed E-state index contributed by atoms with van der Waals surface area (Å²) in [5.41, 5.74) is 2.78. The maximum Gasteiger partial charge on any atom is 0.307 e. The Labute approximate surface area is 153 Å². The lowest BCUT2D eigenvalue weighted by molar-refractivity contribution is -0.144. The number of carboxylic acid groups (broad SMARTS) is 1. The Kier molecular flexibility index (Phi) is 5.68. The van der Waals surface area contributed by atoms with Gasteiger partial charge >= 0.3 is 5.97 Å².